The van der Waals surface area contributed by atoms with E-state index in [1.807, 2.05) is 38.1 Å². The molecule has 1 N–H and O–H groups in total. The third kappa shape index (κ3) is 4.51. The van der Waals surface area contributed by atoms with Crippen molar-refractivity contribution in [3.63, 3.8) is 0 Å². The number of Topliss-reactive ketones (excluding diaryl/α,β-unsaturated/α-hetero) is 1. The molecule has 3 rings (SSSR count). The van der Waals surface area contributed by atoms with Crippen LogP contribution in [0.15, 0.2) is 53.4 Å². The molecule has 0 aliphatic heterocycles. The average Bonchev–Trinajstić information content (AvgIpc) is 2.67. The number of amides is 1. The molecule has 0 spiro atoms. The Kier molecular flexibility index (Phi) is 5.99. The van der Waals surface area contributed by atoms with Gasteiger partial charge in [0.25, 0.3) is 0 Å². The molecule has 28 heavy (non-hydrogen) atoms. The lowest BCUT2D eigenvalue weighted by Gasteiger charge is -2.14. The predicted octanol–water partition coefficient (Wildman–Crippen LogP) is 4.87. The van der Waals surface area contributed by atoms with Crippen LogP contribution in [0.3, 0.4) is 0 Å². The highest BCUT2D eigenvalue weighted by atomic mass is 32.2. The molecule has 1 amide bonds. The second kappa shape index (κ2) is 8.44. The van der Waals surface area contributed by atoms with Crippen molar-refractivity contribution in [2.24, 2.45) is 0 Å². The number of ether oxygens (including phenoxy) is 1. The second-order valence-corrected chi connectivity index (χ2v) is 7.91. The van der Waals surface area contributed by atoms with E-state index in [9.17, 15) is 9.59 Å². The molecular formula is C22H22N2O3S. The minimum absolute atomic E-state index is 0.00263. The minimum Gasteiger partial charge on any atom is -0.497 e. The SMILES string of the molecule is COc1ccc2nc(C)cc(SC(C)C(=O)Nc3ccc(C(C)=O)cc3)c2c1. The molecule has 1 atom stereocenters. The van der Waals surface area contributed by atoms with Crippen LogP contribution in [0.25, 0.3) is 10.9 Å². The van der Waals surface area contributed by atoms with Crippen molar-refractivity contribution >= 4 is 40.0 Å². The van der Waals surface area contributed by atoms with Gasteiger partial charge >= 0.3 is 0 Å². The molecule has 3 aromatic rings. The summed E-state index contributed by atoms with van der Waals surface area (Å²) in [6.07, 6.45) is 0. The van der Waals surface area contributed by atoms with Crippen LogP contribution in [0.1, 0.15) is 29.9 Å². The summed E-state index contributed by atoms with van der Waals surface area (Å²) in [5.74, 6) is 0.644. The van der Waals surface area contributed by atoms with Crippen LogP contribution in [0, 0.1) is 6.92 Å². The van der Waals surface area contributed by atoms with Crippen LogP contribution in [-0.4, -0.2) is 29.0 Å². The molecule has 5 nitrogen and oxygen atoms in total. The van der Waals surface area contributed by atoms with Gasteiger partial charge in [-0.3, -0.25) is 14.6 Å². The first kappa shape index (κ1) is 19.9. The van der Waals surface area contributed by atoms with Crippen molar-refractivity contribution in [1.29, 1.82) is 0 Å². The van der Waals surface area contributed by atoms with Crippen molar-refractivity contribution < 1.29 is 14.3 Å². The molecule has 0 fully saturated rings. The number of ketones is 1. The Morgan fingerprint density at radius 1 is 1.11 bits per heavy atom. The van der Waals surface area contributed by atoms with Crippen LogP contribution in [0.5, 0.6) is 5.75 Å². The normalized spacial score (nSPS) is 11.9. The summed E-state index contributed by atoms with van der Waals surface area (Å²) >= 11 is 1.48. The summed E-state index contributed by atoms with van der Waals surface area (Å²) in [6, 6.07) is 14.6. The zero-order valence-electron chi connectivity index (χ0n) is 16.3. The van der Waals surface area contributed by atoms with E-state index < -0.39 is 0 Å². The zero-order chi connectivity index (χ0) is 20.3. The molecule has 144 valence electrons. The van der Waals surface area contributed by atoms with Crippen LogP contribution in [-0.2, 0) is 4.79 Å². The van der Waals surface area contributed by atoms with E-state index in [-0.39, 0.29) is 16.9 Å². The standard InChI is InChI=1S/C22H22N2O3S/c1-13-11-21(19-12-18(27-4)9-10-20(19)23-13)28-15(3)22(26)24-17-7-5-16(6-8-17)14(2)25/h5-12,15H,1-4H3,(H,24,26). The molecule has 0 bridgehead atoms. The minimum atomic E-state index is -0.316. The summed E-state index contributed by atoms with van der Waals surface area (Å²) in [6.45, 7) is 5.32. The zero-order valence-corrected chi connectivity index (χ0v) is 17.1. The fraction of sp³-hybridized carbons (Fsp3) is 0.227. The molecule has 0 saturated carbocycles. The fourth-order valence-corrected chi connectivity index (χ4v) is 3.88. The van der Waals surface area contributed by atoms with Crippen molar-refractivity contribution in [3.8, 4) is 5.75 Å². The molecule has 1 heterocycles. The summed E-state index contributed by atoms with van der Waals surface area (Å²) in [5.41, 5.74) is 3.05. The fourth-order valence-electron chi connectivity index (χ4n) is 2.80. The van der Waals surface area contributed by atoms with Crippen molar-refractivity contribution in [3.05, 3.63) is 59.8 Å². The topological polar surface area (TPSA) is 68.3 Å². The van der Waals surface area contributed by atoms with Crippen molar-refractivity contribution in [2.45, 2.75) is 30.9 Å². The molecule has 0 aliphatic rings. The van der Waals surface area contributed by atoms with Gasteiger partial charge in [0.1, 0.15) is 5.75 Å². The van der Waals surface area contributed by atoms with Gasteiger partial charge in [0.15, 0.2) is 5.78 Å². The monoisotopic (exact) mass is 394 g/mol. The predicted molar refractivity (Wildman–Crippen MR) is 113 cm³/mol. The first-order chi connectivity index (χ1) is 13.4. The van der Waals surface area contributed by atoms with Crippen molar-refractivity contribution in [2.75, 3.05) is 12.4 Å². The number of benzene rings is 2. The average molecular weight is 394 g/mol. The van der Waals surface area contributed by atoms with E-state index in [1.165, 1.54) is 18.7 Å². The lowest BCUT2D eigenvalue weighted by molar-refractivity contribution is -0.115. The van der Waals surface area contributed by atoms with E-state index >= 15 is 0 Å². The van der Waals surface area contributed by atoms with Gasteiger partial charge in [-0.15, -0.1) is 11.8 Å². The molecule has 1 aromatic heterocycles. The third-order valence-electron chi connectivity index (χ3n) is 4.34. The highest BCUT2D eigenvalue weighted by molar-refractivity contribution is 8.00. The van der Waals surface area contributed by atoms with Crippen molar-refractivity contribution in [1.82, 2.24) is 4.98 Å². The number of nitrogens with zero attached hydrogens (tertiary/aromatic N) is 1. The van der Waals surface area contributed by atoms with E-state index in [0.29, 0.717) is 11.3 Å². The Morgan fingerprint density at radius 3 is 2.46 bits per heavy atom. The van der Waals surface area contributed by atoms with E-state index in [4.69, 9.17) is 4.74 Å². The van der Waals surface area contributed by atoms with Gasteiger partial charge in [-0.05, 0) is 69.3 Å². The molecule has 2 aromatic carbocycles. The Bertz CT molecular complexity index is 1030. The maximum Gasteiger partial charge on any atom is 0.237 e. The number of methoxy groups -OCH3 is 1. The third-order valence-corrected chi connectivity index (χ3v) is 5.50. The van der Waals surface area contributed by atoms with Crippen LogP contribution < -0.4 is 10.1 Å². The number of fused-ring (bicyclic) bond motifs is 1. The molecule has 0 radical (unpaired) electrons. The van der Waals surface area contributed by atoms with Gasteiger partial charge in [0.05, 0.1) is 17.9 Å². The number of carbonyl (C=O) groups is 2. The molecular weight excluding hydrogens is 372 g/mol. The molecule has 6 heteroatoms. The number of aromatic nitrogens is 1. The first-order valence-electron chi connectivity index (χ1n) is 8.91. The number of rotatable bonds is 6. The number of carbonyl (C=O) groups excluding carboxylic acids is 2. The number of anilines is 1. The van der Waals surface area contributed by atoms with E-state index in [1.54, 1.807) is 31.4 Å². The molecule has 1 unspecified atom stereocenters. The van der Waals surface area contributed by atoms with Gasteiger partial charge in [0, 0.05) is 27.2 Å². The number of nitrogens with one attached hydrogen (secondary N) is 1. The maximum atomic E-state index is 12.6. The summed E-state index contributed by atoms with van der Waals surface area (Å²) in [7, 11) is 1.63. The smallest absolute Gasteiger partial charge is 0.237 e. The maximum absolute atomic E-state index is 12.6. The van der Waals surface area contributed by atoms with Crippen LogP contribution in [0.4, 0.5) is 5.69 Å². The van der Waals surface area contributed by atoms with Gasteiger partial charge in [-0.2, -0.15) is 0 Å². The Labute approximate surface area is 168 Å². The Hall–Kier alpha value is -2.86. The summed E-state index contributed by atoms with van der Waals surface area (Å²) in [4.78, 5) is 29.5. The molecule has 0 saturated heterocycles. The quantitative estimate of drug-likeness (QED) is 0.477. The second-order valence-electron chi connectivity index (χ2n) is 6.53. The number of thioether (sulfide) groups is 1. The largest absolute Gasteiger partial charge is 0.497 e. The van der Waals surface area contributed by atoms with Crippen LogP contribution >= 0.6 is 11.8 Å². The van der Waals surface area contributed by atoms with E-state index in [2.05, 4.69) is 10.3 Å². The number of hydrogen-bond donors (Lipinski definition) is 1. The van der Waals surface area contributed by atoms with E-state index in [0.717, 1.165) is 27.2 Å². The van der Waals surface area contributed by atoms with Gasteiger partial charge in [-0.25, -0.2) is 0 Å². The number of hydrogen-bond acceptors (Lipinski definition) is 5. The number of aryl methyl sites for hydroxylation is 1. The van der Waals surface area contributed by atoms with Crippen LogP contribution in [0.2, 0.25) is 0 Å². The highest BCUT2D eigenvalue weighted by Gasteiger charge is 2.17. The lowest BCUT2D eigenvalue weighted by Crippen LogP contribution is -2.22. The van der Waals surface area contributed by atoms with Gasteiger partial charge < -0.3 is 10.1 Å². The highest BCUT2D eigenvalue weighted by Crippen LogP contribution is 2.33. The van der Waals surface area contributed by atoms with Gasteiger partial charge in [-0.1, -0.05) is 0 Å². The summed E-state index contributed by atoms with van der Waals surface area (Å²) in [5, 5.41) is 3.54. The first-order valence-corrected chi connectivity index (χ1v) is 9.79. The van der Waals surface area contributed by atoms with Gasteiger partial charge in [0.2, 0.25) is 5.91 Å². The Morgan fingerprint density at radius 2 is 1.82 bits per heavy atom. The Balaban J connectivity index is 1.79. The number of pyridine rings is 1. The lowest BCUT2D eigenvalue weighted by atomic mass is 10.1. The summed E-state index contributed by atoms with van der Waals surface area (Å²) < 4.78 is 5.33. The molecule has 0 aliphatic carbocycles.